The van der Waals surface area contributed by atoms with Gasteiger partial charge < -0.3 is 10.2 Å². The molecule has 0 aliphatic rings. The van der Waals surface area contributed by atoms with Gasteiger partial charge in [0.15, 0.2) is 11.5 Å². The topological polar surface area (TPSA) is 62.5 Å². The normalized spacial score (nSPS) is 10.9. The van der Waals surface area contributed by atoms with E-state index < -0.39 is 0 Å². The molecule has 0 unspecified atom stereocenters. The Morgan fingerprint density at radius 3 is 2.55 bits per heavy atom. The molecule has 1 N–H and O–H groups in total. The highest BCUT2D eigenvalue weighted by molar-refractivity contribution is 7.98. The largest absolute Gasteiger partial charge is 0.354 e. The molecular formula is C24H25N5OS. The highest BCUT2D eigenvalue weighted by atomic mass is 32.2. The average molecular weight is 432 g/mol. The van der Waals surface area contributed by atoms with Crippen LogP contribution in [0.5, 0.6) is 0 Å². The Bertz CT molecular complexity index is 1190. The SMILES string of the molecule is CSc1ccc(CNC(=O)c2cc3c(N(C)Cc4ccccc4)nc(C)cn3n2)cc1. The van der Waals surface area contributed by atoms with Crippen LogP contribution < -0.4 is 10.2 Å². The number of nitrogens with one attached hydrogen (secondary N) is 1. The fourth-order valence-corrected chi connectivity index (χ4v) is 3.84. The average Bonchev–Trinajstić information content (AvgIpc) is 3.22. The zero-order valence-corrected chi connectivity index (χ0v) is 18.7. The van der Waals surface area contributed by atoms with Gasteiger partial charge in [-0.1, -0.05) is 42.5 Å². The maximum absolute atomic E-state index is 12.7. The van der Waals surface area contributed by atoms with Crippen LogP contribution in [-0.4, -0.2) is 33.8 Å². The number of carbonyl (C=O) groups excluding carboxylic acids is 1. The van der Waals surface area contributed by atoms with Crippen molar-refractivity contribution >= 4 is 29.0 Å². The Morgan fingerprint density at radius 1 is 1.10 bits per heavy atom. The number of hydrogen-bond donors (Lipinski definition) is 1. The van der Waals surface area contributed by atoms with E-state index in [9.17, 15) is 4.79 Å². The predicted octanol–water partition coefficient (Wildman–Crippen LogP) is 4.33. The van der Waals surface area contributed by atoms with Crippen LogP contribution in [0.2, 0.25) is 0 Å². The first-order valence-electron chi connectivity index (χ1n) is 10.1. The van der Waals surface area contributed by atoms with Crippen LogP contribution in [0.4, 0.5) is 5.82 Å². The van der Waals surface area contributed by atoms with Gasteiger partial charge in [-0.05, 0) is 36.4 Å². The monoisotopic (exact) mass is 431 g/mol. The summed E-state index contributed by atoms with van der Waals surface area (Å²) in [5, 5.41) is 7.46. The van der Waals surface area contributed by atoms with Crippen LogP contribution in [0.25, 0.3) is 5.52 Å². The molecule has 31 heavy (non-hydrogen) atoms. The lowest BCUT2D eigenvalue weighted by molar-refractivity contribution is 0.0945. The first-order valence-corrected chi connectivity index (χ1v) is 11.3. The van der Waals surface area contributed by atoms with E-state index in [1.54, 1.807) is 22.3 Å². The number of carbonyl (C=O) groups is 1. The quantitative estimate of drug-likeness (QED) is 0.442. The third-order valence-corrected chi connectivity index (χ3v) is 5.77. The minimum absolute atomic E-state index is 0.202. The van der Waals surface area contributed by atoms with Gasteiger partial charge in [0, 0.05) is 31.1 Å². The van der Waals surface area contributed by atoms with Crippen molar-refractivity contribution in [1.29, 1.82) is 0 Å². The van der Waals surface area contributed by atoms with Gasteiger partial charge in [-0.25, -0.2) is 9.50 Å². The molecule has 7 heteroatoms. The van der Waals surface area contributed by atoms with Crippen molar-refractivity contribution in [3.05, 3.63) is 89.4 Å². The first-order chi connectivity index (χ1) is 15.0. The molecule has 2 heterocycles. The summed E-state index contributed by atoms with van der Waals surface area (Å²) in [7, 11) is 2.00. The molecule has 0 fully saturated rings. The number of rotatable bonds is 7. The summed E-state index contributed by atoms with van der Waals surface area (Å²) in [5.41, 5.74) is 4.26. The van der Waals surface area contributed by atoms with Crippen molar-refractivity contribution in [1.82, 2.24) is 19.9 Å². The van der Waals surface area contributed by atoms with E-state index in [2.05, 4.69) is 39.6 Å². The third-order valence-electron chi connectivity index (χ3n) is 5.03. The first kappa shape index (κ1) is 20.9. The molecule has 0 bridgehead atoms. The number of thioether (sulfide) groups is 1. The highest BCUT2D eigenvalue weighted by Crippen LogP contribution is 2.22. The molecule has 4 rings (SSSR count). The fraction of sp³-hybridized carbons (Fsp3) is 0.208. The fourth-order valence-electron chi connectivity index (χ4n) is 3.43. The molecule has 4 aromatic rings. The lowest BCUT2D eigenvalue weighted by atomic mass is 10.2. The maximum atomic E-state index is 12.7. The standard InChI is InChI=1S/C24H25N5OS/c1-17-15-29-22(23(26-17)28(2)16-19-7-5-4-6-8-19)13-21(27-29)24(30)25-14-18-9-11-20(31-3)12-10-18/h4-13,15H,14,16H2,1-3H3,(H,25,30). The molecule has 1 amide bonds. The molecule has 0 saturated carbocycles. The molecule has 0 atom stereocenters. The molecule has 0 aliphatic heterocycles. The molecule has 2 aromatic heterocycles. The lowest BCUT2D eigenvalue weighted by Gasteiger charge is -2.19. The summed E-state index contributed by atoms with van der Waals surface area (Å²) in [6.45, 7) is 3.10. The Labute approximate surface area is 186 Å². The van der Waals surface area contributed by atoms with Crippen molar-refractivity contribution < 1.29 is 4.79 Å². The second-order valence-corrected chi connectivity index (χ2v) is 8.32. The molecule has 0 aliphatic carbocycles. The van der Waals surface area contributed by atoms with E-state index in [4.69, 9.17) is 4.98 Å². The summed E-state index contributed by atoms with van der Waals surface area (Å²) in [6, 6.07) is 20.2. The summed E-state index contributed by atoms with van der Waals surface area (Å²) >= 11 is 1.70. The van der Waals surface area contributed by atoms with E-state index in [-0.39, 0.29) is 5.91 Å². The molecule has 0 spiro atoms. The lowest BCUT2D eigenvalue weighted by Crippen LogP contribution is -2.23. The Hall–Kier alpha value is -3.32. The van der Waals surface area contributed by atoms with Gasteiger partial charge in [0.05, 0.1) is 11.9 Å². The number of hydrogen-bond acceptors (Lipinski definition) is 5. The molecule has 158 valence electrons. The van der Waals surface area contributed by atoms with Gasteiger partial charge in [-0.15, -0.1) is 11.8 Å². The van der Waals surface area contributed by atoms with Crippen molar-refractivity contribution in [3.8, 4) is 0 Å². The number of anilines is 1. The second-order valence-electron chi connectivity index (χ2n) is 7.44. The Balaban J connectivity index is 1.53. The van der Waals surface area contributed by atoms with Crippen molar-refractivity contribution in [3.63, 3.8) is 0 Å². The van der Waals surface area contributed by atoms with Crippen LogP contribution in [0.15, 0.2) is 71.8 Å². The molecule has 0 saturated heterocycles. The summed E-state index contributed by atoms with van der Waals surface area (Å²) < 4.78 is 1.74. The molecule has 0 radical (unpaired) electrons. The number of benzene rings is 2. The number of aryl methyl sites for hydroxylation is 1. The minimum Gasteiger partial charge on any atom is -0.354 e. The maximum Gasteiger partial charge on any atom is 0.272 e. The van der Waals surface area contributed by atoms with Gasteiger partial charge >= 0.3 is 0 Å². The van der Waals surface area contributed by atoms with Gasteiger partial charge in [-0.2, -0.15) is 5.10 Å². The second kappa shape index (κ2) is 9.22. The summed E-state index contributed by atoms with van der Waals surface area (Å²) in [6.07, 6.45) is 3.88. The predicted molar refractivity (Wildman–Crippen MR) is 126 cm³/mol. The van der Waals surface area contributed by atoms with E-state index in [1.807, 2.05) is 56.8 Å². The van der Waals surface area contributed by atoms with E-state index in [0.29, 0.717) is 18.8 Å². The zero-order valence-electron chi connectivity index (χ0n) is 17.9. The molecule has 6 nitrogen and oxygen atoms in total. The van der Waals surface area contributed by atoms with E-state index in [0.717, 1.165) is 22.6 Å². The summed E-state index contributed by atoms with van der Waals surface area (Å²) in [4.78, 5) is 20.7. The Kier molecular flexibility index (Phi) is 6.23. The highest BCUT2D eigenvalue weighted by Gasteiger charge is 2.16. The minimum atomic E-state index is -0.202. The molecule has 2 aromatic carbocycles. The van der Waals surface area contributed by atoms with E-state index >= 15 is 0 Å². The van der Waals surface area contributed by atoms with Crippen molar-refractivity contribution in [2.45, 2.75) is 24.9 Å². The van der Waals surface area contributed by atoms with Gasteiger partial charge in [-0.3, -0.25) is 4.79 Å². The van der Waals surface area contributed by atoms with Gasteiger partial charge in [0.1, 0.15) is 5.52 Å². The zero-order chi connectivity index (χ0) is 21.8. The smallest absolute Gasteiger partial charge is 0.272 e. The third kappa shape index (κ3) is 4.88. The van der Waals surface area contributed by atoms with Gasteiger partial charge in [0.2, 0.25) is 0 Å². The van der Waals surface area contributed by atoms with Crippen LogP contribution in [0.3, 0.4) is 0 Å². The number of nitrogens with zero attached hydrogens (tertiary/aromatic N) is 4. The van der Waals surface area contributed by atoms with Crippen LogP contribution in [0, 0.1) is 6.92 Å². The van der Waals surface area contributed by atoms with Crippen LogP contribution in [0.1, 0.15) is 27.3 Å². The number of aromatic nitrogens is 3. The van der Waals surface area contributed by atoms with Crippen molar-refractivity contribution in [2.75, 3.05) is 18.2 Å². The van der Waals surface area contributed by atoms with Gasteiger partial charge in [0.25, 0.3) is 5.91 Å². The Morgan fingerprint density at radius 2 is 1.84 bits per heavy atom. The van der Waals surface area contributed by atoms with Crippen LogP contribution >= 0.6 is 11.8 Å². The number of fused-ring (bicyclic) bond motifs is 1. The van der Waals surface area contributed by atoms with Crippen LogP contribution in [-0.2, 0) is 13.1 Å². The summed E-state index contributed by atoms with van der Waals surface area (Å²) in [5.74, 6) is 0.593. The van der Waals surface area contributed by atoms with E-state index in [1.165, 1.54) is 10.5 Å². The number of amides is 1. The van der Waals surface area contributed by atoms with Crippen molar-refractivity contribution in [2.24, 2.45) is 0 Å². The molecular weight excluding hydrogens is 406 g/mol.